The molecule has 1 aromatic carbocycles. The third-order valence-corrected chi connectivity index (χ3v) is 3.03. The number of aromatic nitrogens is 2. The predicted molar refractivity (Wildman–Crippen MR) is 80.1 cm³/mol. The monoisotopic (exact) mass is 271 g/mol. The lowest BCUT2D eigenvalue weighted by atomic mass is 10.1. The van der Waals surface area contributed by atoms with Gasteiger partial charge in [0.25, 0.3) is 0 Å². The third-order valence-electron chi connectivity index (χ3n) is 3.03. The van der Waals surface area contributed by atoms with Crippen LogP contribution in [0.15, 0.2) is 24.4 Å². The highest BCUT2D eigenvalue weighted by Gasteiger charge is 2.06. The summed E-state index contributed by atoms with van der Waals surface area (Å²) in [6, 6.07) is 6.47. The Balaban J connectivity index is 2.15. The van der Waals surface area contributed by atoms with Crippen molar-refractivity contribution in [2.75, 3.05) is 6.54 Å². The first-order valence-electron chi connectivity index (χ1n) is 6.88. The molecular weight excluding hydrogens is 250 g/mol. The number of aryl methyl sites for hydroxylation is 3. The van der Waals surface area contributed by atoms with Gasteiger partial charge in [-0.15, -0.1) is 0 Å². The highest BCUT2D eigenvalue weighted by molar-refractivity contribution is 5.34. The van der Waals surface area contributed by atoms with Gasteiger partial charge < -0.3 is 10.1 Å². The number of hydrogen-bond donors (Lipinski definition) is 1. The van der Waals surface area contributed by atoms with E-state index in [4.69, 9.17) is 4.74 Å². The van der Waals surface area contributed by atoms with Crippen molar-refractivity contribution in [3.05, 3.63) is 46.8 Å². The predicted octanol–water partition coefficient (Wildman–Crippen LogP) is 3.30. The van der Waals surface area contributed by atoms with Gasteiger partial charge in [-0.05, 0) is 50.6 Å². The lowest BCUT2D eigenvalue weighted by molar-refractivity contribution is 0.438. The summed E-state index contributed by atoms with van der Waals surface area (Å²) in [5, 5.41) is 3.27. The zero-order valence-electron chi connectivity index (χ0n) is 12.5. The summed E-state index contributed by atoms with van der Waals surface area (Å²) in [6.45, 7) is 9.86. The molecule has 2 rings (SSSR count). The van der Waals surface area contributed by atoms with Crippen LogP contribution in [-0.2, 0) is 6.54 Å². The average Bonchev–Trinajstić information content (AvgIpc) is 2.36. The van der Waals surface area contributed by atoms with Crippen molar-refractivity contribution in [3.8, 4) is 11.8 Å². The van der Waals surface area contributed by atoms with Gasteiger partial charge in [0.2, 0.25) is 0 Å². The first-order valence-corrected chi connectivity index (χ1v) is 6.88. The van der Waals surface area contributed by atoms with Crippen LogP contribution in [0, 0.1) is 20.8 Å². The molecule has 1 N–H and O–H groups in total. The summed E-state index contributed by atoms with van der Waals surface area (Å²) in [5.41, 5.74) is 4.38. The van der Waals surface area contributed by atoms with Crippen molar-refractivity contribution < 1.29 is 4.74 Å². The topological polar surface area (TPSA) is 47.0 Å². The van der Waals surface area contributed by atoms with Gasteiger partial charge in [0.05, 0.1) is 0 Å². The van der Waals surface area contributed by atoms with Crippen molar-refractivity contribution in [1.29, 1.82) is 0 Å². The first kappa shape index (κ1) is 14.5. The molecule has 0 bridgehead atoms. The Bertz CT molecular complexity index is 576. The maximum atomic E-state index is 5.74. The molecule has 1 heterocycles. The number of nitrogens with one attached hydrogen (secondary N) is 1. The van der Waals surface area contributed by atoms with Gasteiger partial charge in [-0.3, -0.25) is 0 Å². The molecule has 0 unspecified atom stereocenters. The van der Waals surface area contributed by atoms with Crippen molar-refractivity contribution >= 4 is 0 Å². The summed E-state index contributed by atoms with van der Waals surface area (Å²) in [7, 11) is 0. The fourth-order valence-electron chi connectivity index (χ4n) is 2.05. The van der Waals surface area contributed by atoms with Crippen LogP contribution in [0.25, 0.3) is 0 Å². The van der Waals surface area contributed by atoms with Gasteiger partial charge in [0.15, 0.2) is 0 Å². The van der Waals surface area contributed by atoms with Gasteiger partial charge >= 0.3 is 6.01 Å². The van der Waals surface area contributed by atoms with E-state index in [-0.39, 0.29) is 0 Å². The maximum absolute atomic E-state index is 5.74. The molecule has 106 valence electrons. The fraction of sp³-hybridized carbons (Fsp3) is 0.375. The molecule has 0 saturated heterocycles. The van der Waals surface area contributed by atoms with E-state index in [1.165, 1.54) is 11.1 Å². The van der Waals surface area contributed by atoms with Gasteiger partial charge in [-0.2, -0.15) is 4.98 Å². The summed E-state index contributed by atoms with van der Waals surface area (Å²) in [4.78, 5) is 8.68. The minimum Gasteiger partial charge on any atom is -0.424 e. The summed E-state index contributed by atoms with van der Waals surface area (Å²) >= 11 is 0. The molecule has 1 aromatic heterocycles. The van der Waals surface area contributed by atoms with Crippen LogP contribution in [0.4, 0.5) is 0 Å². The zero-order chi connectivity index (χ0) is 14.5. The Morgan fingerprint density at radius 2 is 1.80 bits per heavy atom. The molecule has 0 aliphatic heterocycles. The van der Waals surface area contributed by atoms with E-state index in [9.17, 15) is 0 Å². The normalized spacial score (nSPS) is 10.6. The van der Waals surface area contributed by atoms with Crippen LogP contribution in [0.1, 0.15) is 29.3 Å². The molecule has 4 heteroatoms. The summed E-state index contributed by atoms with van der Waals surface area (Å²) in [5.74, 6) is 0.779. The van der Waals surface area contributed by atoms with Crippen LogP contribution < -0.4 is 10.1 Å². The number of hydrogen-bond acceptors (Lipinski definition) is 4. The van der Waals surface area contributed by atoms with Gasteiger partial charge in [-0.25, -0.2) is 4.98 Å². The minimum absolute atomic E-state index is 0.396. The van der Waals surface area contributed by atoms with Crippen LogP contribution in [-0.4, -0.2) is 16.5 Å². The molecule has 20 heavy (non-hydrogen) atoms. The second kappa shape index (κ2) is 6.48. The number of ether oxygens (including phenoxy) is 1. The van der Waals surface area contributed by atoms with Gasteiger partial charge in [0.1, 0.15) is 5.75 Å². The highest BCUT2D eigenvalue weighted by atomic mass is 16.5. The van der Waals surface area contributed by atoms with Crippen LogP contribution in [0.2, 0.25) is 0 Å². The Hall–Kier alpha value is -1.94. The standard InChI is InChI=1S/C16H21N3O/c1-5-17-9-14-10-18-16(19-13(14)4)20-15-7-11(2)6-12(3)8-15/h6-8,10,17H,5,9H2,1-4H3. The van der Waals surface area contributed by atoms with Crippen molar-refractivity contribution in [3.63, 3.8) is 0 Å². The van der Waals surface area contributed by atoms with Gasteiger partial charge in [0, 0.05) is 24.0 Å². The van der Waals surface area contributed by atoms with E-state index in [0.717, 1.165) is 30.1 Å². The molecule has 0 aliphatic carbocycles. The smallest absolute Gasteiger partial charge is 0.322 e. The zero-order valence-corrected chi connectivity index (χ0v) is 12.5. The molecule has 0 aliphatic rings. The Labute approximate surface area is 120 Å². The quantitative estimate of drug-likeness (QED) is 0.906. The number of nitrogens with zero attached hydrogens (tertiary/aromatic N) is 2. The van der Waals surface area contributed by atoms with E-state index >= 15 is 0 Å². The Kier molecular flexibility index (Phi) is 4.69. The van der Waals surface area contributed by atoms with Gasteiger partial charge in [-0.1, -0.05) is 13.0 Å². The largest absolute Gasteiger partial charge is 0.424 e. The average molecular weight is 271 g/mol. The van der Waals surface area contributed by atoms with Crippen molar-refractivity contribution in [1.82, 2.24) is 15.3 Å². The SMILES string of the molecule is CCNCc1cnc(Oc2cc(C)cc(C)c2)nc1C. The van der Waals surface area contributed by atoms with E-state index in [2.05, 4.69) is 28.3 Å². The number of benzene rings is 1. The molecule has 0 atom stereocenters. The van der Waals surface area contributed by atoms with Crippen molar-refractivity contribution in [2.24, 2.45) is 0 Å². The van der Waals surface area contributed by atoms with E-state index < -0.39 is 0 Å². The summed E-state index contributed by atoms with van der Waals surface area (Å²) < 4.78 is 5.74. The molecular formula is C16H21N3O. The van der Waals surface area contributed by atoms with Crippen LogP contribution >= 0.6 is 0 Å². The minimum atomic E-state index is 0.396. The van der Waals surface area contributed by atoms with E-state index in [1.54, 1.807) is 0 Å². The maximum Gasteiger partial charge on any atom is 0.322 e. The molecule has 4 nitrogen and oxygen atoms in total. The lowest BCUT2D eigenvalue weighted by Crippen LogP contribution is -2.13. The van der Waals surface area contributed by atoms with Crippen molar-refractivity contribution in [2.45, 2.75) is 34.2 Å². The Morgan fingerprint density at radius 1 is 1.10 bits per heavy atom. The van der Waals surface area contributed by atoms with E-state index in [0.29, 0.717) is 6.01 Å². The molecule has 0 fully saturated rings. The van der Waals surface area contributed by atoms with E-state index in [1.807, 2.05) is 39.1 Å². The molecule has 0 amide bonds. The molecule has 2 aromatic rings. The fourth-order valence-corrected chi connectivity index (χ4v) is 2.05. The second-order valence-corrected chi connectivity index (χ2v) is 4.97. The number of rotatable bonds is 5. The third kappa shape index (κ3) is 3.78. The first-order chi connectivity index (χ1) is 9.58. The van der Waals surface area contributed by atoms with Crippen LogP contribution in [0.3, 0.4) is 0 Å². The summed E-state index contributed by atoms with van der Waals surface area (Å²) in [6.07, 6.45) is 1.82. The molecule has 0 spiro atoms. The second-order valence-electron chi connectivity index (χ2n) is 4.97. The molecule has 0 saturated carbocycles. The van der Waals surface area contributed by atoms with Crippen LogP contribution in [0.5, 0.6) is 11.8 Å². The highest BCUT2D eigenvalue weighted by Crippen LogP contribution is 2.21. The Morgan fingerprint density at radius 3 is 2.40 bits per heavy atom. The lowest BCUT2D eigenvalue weighted by Gasteiger charge is -2.09. The molecule has 0 radical (unpaired) electrons.